The molecule has 35 heavy (non-hydrogen) atoms. The second kappa shape index (κ2) is 16.9. The minimum absolute atomic E-state index is 0.203. The number of rotatable bonds is 15. The van der Waals surface area contributed by atoms with Gasteiger partial charge in [-0.25, -0.2) is 0 Å². The highest BCUT2D eigenvalue weighted by Gasteiger charge is 2.07. The van der Waals surface area contributed by atoms with E-state index in [1.807, 2.05) is 24.3 Å². The molecule has 0 radical (unpaired) electrons. The standard InChI is InChI=1S/C22H32N2O6.CH4O3S/c1-27-19-3-7-21(8-4-19)29-15-17(25)13-23-11-12-24-14-18(26)16-30-22-9-5-20(28-2)6-10-22;1-5(2,3)4/h3-10,17-18,23-26H,11-16H2,1-2H3;1H3,(H,2,3,4). The summed E-state index contributed by atoms with van der Waals surface area (Å²) in [5, 5.41) is 26.2. The van der Waals surface area contributed by atoms with E-state index < -0.39 is 22.3 Å². The predicted molar refractivity (Wildman–Crippen MR) is 132 cm³/mol. The first-order valence-electron chi connectivity index (χ1n) is 10.8. The highest BCUT2D eigenvalue weighted by atomic mass is 32.2. The Kier molecular flexibility index (Phi) is 14.7. The number of methoxy groups -OCH3 is 2. The van der Waals surface area contributed by atoms with Crippen molar-refractivity contribution in [1.82, 2.24) is 10.6 Å². The van der Waals surface area contributed by atoms with E-state index in [0.29, 0.717) is 43.9 Å². The van der Waals surface area contributed by atoms with Crippen molar-refractivity contribution in [1.29, 1.82) is 0 Å². The Balaban J connectivity index is 0.00000111. The molecule has 198 valence electrons. The van der Waals surface area contributed by atoms with Crippen LogP contribution in [0.25, 0.3) is 0 Å². The Hall–Kier alpha value is -2.61. The molecule has 0 heterocycles. The number of hydrogen-bond donors (Lipinski definition) is 5. The van der Waals surface area contributed by atoms with Crippen LogP contribution < -0.4 is 29.6 Å². The number of aliphatic hydroxyl groups excluding tert-OH is 2. The zero-order chi connectivity index (χ0) is 26.1. The van der Waals surface area contributed by atoms with Crippen LogP contribution in [0.1, 0.15) is 0 Å². The molecule has 2 atom stereocenters. The van der Waals surface area contributed by atoms with Crippen LogP contribution >= 0.6 is 0 Å². The lowest BCUT2D eigenvalue weighted by Gasteiger charge is -2.15. The predicted octanol–water partition coefficient (Wildman–Crippen LogP) is 0.567. The number of ether oxygens (including phenoxy) is 4. The van der Waals surface area contributed by atoms with Gasteiger partial charge in [0, 0.05) is 26.2 Å². The maximum Gasteiger partial charge on any atom is 0.261 e. The Morgan fingerprint density at radius 1 is 0.714 bits per heavy atom. The Morgan fingerprint density at radius 3 is 1.29 bits per heavy atom. The summed E-state index contributed by atoms with van der Waals surface area (Å²) in [7, 11) is -0.450. The van der Waals surface area contributed by atoms with E-state index in [4.69, 9.17) is 23.5 Å². The van der Waals surface area contributed by atoms with Gasteiger partial charge >= 0.3 is 0 Å². The average Bonchev–Trinajstić information content (AvgIpc) is 2.83. The number of benzene rings is 2. The molecule has 0 bridgehead atoms. The van der Waals surface area contributed by atoms with Crippen LogP contribution in [0, 0.1) is 0 Å². The summed E-state index contributed by atoms with van der Waals surface area (Å²) >= 11 is 0. The molecule has 0 saturated heterocycles. The van der Waals surface area contributed by atoms with Gasteiger partial charge in [-0.3, -0.25) is 4.55 Å². The Bertz CT molecular complexity index is 840. The van der Waals surface area contributed by atoms with E-state index in [2.05, 4.69) is 10.6 Å². The van der Waals surface area contributed by atoms with Crippen molar-refractivity contribution in [3.05, 3.63) is 48.5 Å². The summed E-state index contributed by atoms with van der Waals surface area (Å²) in [4.78, 5) is 0. The van der Waals surface area contributed by atoms with Gasteiger partial charge in [-0.2, -0.15) is 8.42 Å². The highest BCUT2D eigenvalue weighted by Crippen LogP contribution is 2.17. The van der Waals surface area contributed by atoms with Gasteiger partial charge in [-0.05, 0) is 48.5 Å². The fraction of sp³-hybridized carbons (Fsp3) is 0.478. The molecule has 12 heteroatoms. The molecule has 2 rings (SSSR count). The molecular formula is C23H36N2O9S. The van der Waals surface area contributed by atoms with Crippen molar-refractivity contribution in [3.63, 3.8) is 0 Å². The van der Waals surface area contributed by atoms with E-state index in [9.17, 15) is 18.6 Å². The molecule has 0 aliphatic carbocycles. The van der Waals surface area contributed by atoms with E-state index in [1.54, 1.807) is 38.5 Å². The maximum absolute atomic E-state index is 9.97. The minimum Gasteiger partial charge on any atom is -0.497 e. The summed E-state index contributed by atoms with van der Waals surface area (Å²) in [6.07, 6.45) is -0.515. The van der Waals surface area contributed by atoms with Gasteiger partial charge in [0.25, 0.3) is 10.1 Å². The first-order chi connectivity index (χ1) is 16.6. The van der Waals surface area contributed by atoms with E-state index in [0.717, 1.165) is 11.5 Å². The van der Waals surface area contributed by atoms with Crippen LogP contribution in [0.4, 0.5) is 0 Å². The molecule has 2 aromatic rings. The lowest BCUT2D eigenvalue weighted by molar-refractivity contribution is 0.103. The molecular weight excluding hydrogens is 480 g/mol. The summed E-state index contributed by atoms with van der Waals surface area (Å²) in [6, 6.07) is 14.4. The second-order valence-corrected chi connectivity index (χ2v) is 8.89. The van der Waals surface area contributed by atoms with E-state index in [-0.39, 0.29) is 13.2 Å². The zero-order valence-corrected chi connectivity index (χ0v) is 21.0. The largest absolute Gasteiger partial charge is 0.497 e. The van der Waals surface area contributed by atoms with E-state index in [1.165, 1.54) is 0 Å². The normalized spacial score (nSPS) is 12.6. The Labute approximate surface area is 206 Å². The molecule has 2 unspecified atom stereocenters. The second-order valence-electron chi connectivity index (χ2n) is 7.42. The lowest BCUT2D eigenvalue weighted by Crippen LogP contribution is -2.38. The fourth-order valence-corrected chi connectivity index (χ4v) is 2.56. The molecule has 0 fully saturated rings. The topological polar surface area (TPSA) is 156 Å². The van der Waals surface area contributed by atoms with Gasteiger partial charge in [0.15, 0.2) is 0 Å². The molecule has 2 aromatic carbocycles. The van der Waals surface area contributed by atoms with E-state index >= 15 is 0 Å². The zero-order valence-electron chi connectivity index (χ0n) is 20.2. The summed E-state index contributed by atoms with van der Waals surface area (Å²) < 4.78 is 47.1. The van der Waals surface area contributed by atoms with Crippen LogP contribution in [-0.4, -0.2) is 95.3 Å². The third-order valence-corrected chi connectivity index (χ3v) is 4.24. The molecule has 0 spiro atoms. The maximum atomic E-state index is 9.97. The quantitative estimate of drug-likeness (QED) is 0.167. The highest BCUT2D eigenvalue weighted by molar-refractivity contribution is 7.85. The van der Waals surface area contributed by atoms with Crippen LogP contribution in [0.2, 0.25) is 0 Å². The molecule has 0 aliphatic rings. The molecule has 0 aromatic heterocycles. The number of hydrogen-bond acceptors (Lipinski definition) is 10. The number of nitrogens with one attached hydrogen (secondary N) is 2. The summed E-state index contributed by atoms with van der Waals surface area (Å²) in [5.41, 5.74) is 0. The first-order valence-corrected chi connectivity index (χ1v) is 12.7. The smallest absolute Gasteiger partial charge is 0.261 e. The average molecular weight is 517 g/mol. The molecule has 5 N–H and O–H groups in total. The molecule has 0 amide bonds. The van der Waals surface area contributed by atoms with Crippen molar-refractivity contribution in [2.24, 2.45) is 0 Å². The van der Waals surface area contributed by atoms with Crippen LogP contribution in [0.3, 0.4) is 0 Å². The first kappa shape index (κ1) is 30.4. The SMILES string of the molecule is COc1ccc(OCC(O)CNCCNCC(O)COc2ccc(OC)cc2)cc1.CS(=O)(=O)O. The van der Waals surface area contributed by atoms with Crippen LogP contribution in [0.15, 0.2) is 48.5 Å². The minimum atomic E-state index is -3.67. The van der Waals surface area contributed by atoms with Crippen LogP contribution in [0.5, 0.6) is 23.0 Å². The van der Waals surface area contributed by atoms with Crippen molar-refractivity contribution < 1.29 is 42.1 Å². The third-order valence-electron chi connectivity index (χ3n) is 4.24. The van der Waals surface area contributed by atoms with Gasteiger partial charge in [0.05, 0.1) is 20.5 Å². The molecule has 0 saturated carbocycles. The summed E-state index contributed by atoms with van der Waals surface area (Å²) in [6.45, 7) is 2.56. The van der Waals surface area contributed by atoms with Crippen molar-refractivity contribution in [2.75, 3.05) is 59.9 Å². The lowest BCUT2D eigenvalue weighted by atomic mass is 10.3. The monoisotopic (exact) mass is 516 g/mol. The number of aliphatic hydroxyl groups is 2. The van der Waals surface area contributed by atoms with Crippen molar-refractivity contribution in [2.45, 2.75) is 12.2 Å². The fourth-order valence-electron chi connectivity index (χ4n) is 2.56. The van der Waals surface area contributed by atoms with Gasteiger partial charge in [-0.1, -0.05) is 0 Å². The van der Waals surface area contributed by atoms with Gasteiger partial charge in [-0.15, -0.1) is 0 Å². The van der Waals surface area contributed by atoms with Crippen molar-refractivity contribution in [3.8, 4) is 23.0 Å². The van der Waals surface area contributed by atoms with Crippen molar-refractivity contribution >= 4 is 10.1 Å². The van der Waals surface area contributed by atoms with Crippen LogP contribution in [-0.2, 0) is 10.1 Å². The third kappa shape index (κ3) is 16.6. The van der Waals surface area contributed by atoms with Gasteiger partial charge in [0.2, 0.25) is 0 Å². The van der Waals surface area contributed by atoms with Gasteiger partial charge < -0.3 is 39.8 Å². The summed E-state index contributed by atoms with van der Waals surface area (Å²) in [5.74, 6) is 2.88. The van der Waals surface area contributed by atoms with Gasteiger partial charge in [0.1, 0.15) is 48.4 Å². The molecule has 0 aliphatic heterocycles. The molecule has 11 nitrogen and oxygen atoms in total. The Morgan fingerprint density at radius 2 is 1.00 bits per heavy atom.